The van der Waals surface area contributed by atoms with Crippen molar-refractivity contribution in [2.45, 2.75) is 13.0 Å². The summed E-state index contributed by atoms with van der Waals surface area (Å²) in [6, 6.07) is 15.2. The van der Waals surface area contributed by atoms with E-state index in [1.54, 1.807) is 18.2 Å². The summed E-state index contributed by atoms with van der Waals surface area (Å²) in [5.41, 5.74) is 4.17. The number of rotatable bonds is 3. The Morgan fingerprint density at radius 1 is 1.14 bits per heavy atom. The molecule has 0 unspecified atom stereocenters. The highest BCUT2D eigenvalue weighted by molar-refractivity contribution is 7.10. The van der Waals surface area contributed by atoms with E-state index < -0.39 is 0 Å². The van der Waals surface area contributed by atoms with E-state index in [0.717, 1.165) is 25.2 Å². The average Bonchev–Trinajstić information content (AvgIpc) is 3.21. The number of para-hydroxylation sites is 1. The Morgan fingerprint density at radius 2 is 2.00 bits per heavy atom. The Hall–Kier alpha value is -3.32. The fraction of sp³-hybridized carbons (Fsp3) is 0.182. The number of ether oxygens (including phenoxy) is 1. The van der Waals surface area contributed by atoms with Crippen LogP contribution >= 0.6 is 11.3 Å². The largest absolute Gasteiger partial charge is 0.481 e. The number of thiophene rings is 1. The van der Waals surface area contributed by atoms with Crippen LogP contribution in [-0.4, -0.2) is 25.0 Å². The van der Waals surface area contributed by atoms with E-state index in [4.69, 9.17) is 4.74 Å². The van der Waals surface area contributed by atoms with E-state index in [1.807, 2.05) is 35.6 Å². The normalized spacial score (nSPS) is 15.0. The van der Waals surface area contributed by atoms with Gasteiger partial charge in [0.25, 0.3) is 11.8 Å². The Labute approximate surface area is 172 Å². The first-order valence-corrected chi connectivity index (χ1v) is 10.3. The van der Waals surface area contributed by atoms with Gasteiger partial charge in [0, 0.05) is 29.3 Å². The third-order valence-electron chi connectivity index (χ3n) is 5.18. The highest BCUT2D eigenvalue weighted by Crippen LogP contribution is 2.32. The SMILES string of the molecule is O=C1COc2c(cccc2C(=O)Nc2ccc(N3CCc4sccc4C3)cc2)N1. The van der Waals surface area contributed by atoms with Crippen LogP contribution in [0.4, 0.5) is 17.1 Å². The minimum absolute atomic E-state index is 0.0896. The van der Waals surface area contributed by atoms with Crippen molar-refractivity contribution in [1.29, 1.82) is 0 Å². The molecule has 29 heavy (non-hydrogen) atoms. The molecule has 7 heteroatoms. The average molecular weight is 405 g/mol. The number of nitrogens with zero attached hydrogens (tertiary/aromatic N) is 1. The second-order valence-electron chi connectivity index (χ2n) is 7.06. The molecule has 2 aromatic carbocycles. The topological polar surface area (TPSA) is 70.7 Å². The molecule has 3 aromatic rings. The summed E-state index contributed by atoms with van der Waals surface area (Å²) in [6.07, 6.45) is 1.07. The van der Waals surface area contributed by atoms with Crippen LogP contribution in [0, 0.1) is 0 Å². The van der Waals surface area contributed by atoms with Crippen LogP contribution in [0.15, 0.2) is 53.9 Å². The zero-order chi connectivity index (χ0) is 19.8. The lowest BCUT2D eigenvalue weighted by atomic mass is 10.1. The second-order valence-corrected chi connectivity index (χ2v) is 8.06. The molecule has 2 N–H and O–H groups in total. The summed E-state index contributed by atoms with van der Waals surface area (Å²) in [4.78, 5) is 28.1. The molecule has 0 atom stereocenters. The molecule has 0 saturated carbocycles. The zero-order valence-electron chi connectivity index (χ0n) is 15.6. The van der Waals surface area contributed by atoms with Gasteiger partial charge >= 0.3 is 0 Å². The number of carbonyl (C=O) groups is 2. The molecule has 6 nitrogen and oxygen atoms in total. The van der Waals surface area contributed by atoms with Gasteiger partial charge < -0.3 is 20.3 Å². The van der Waals surface area contributed by atoms with E-state index >= 15 is 0 Å². The van der Waals surface area contributed by atoms with Crippen molar-refractivity contribution in [1.82, 2.24) is 0 Å². The van der Waals surface area contributed by atoms with Crippen LogP contribution in [-0.2, 0) is 17.8 Å². The first kappa shape index (κ1) is 17.8. The molecular formula is C22H19N3O3S. The molecule has 0 radical (unpaired) electrons. The van der Waals surface area contributed by atoms with Gasteiger partial charge in [-0.15, -0.1) is 11.3 Å². The number of hydrogen-bond donors (Lipinski definition) is 2. The quantitative estimate of drug-likeness (QED) is 0.694. The predicted octanol–water partition coefficient (Wildman–Crippen LogP) is 3.89. The van der Waals surface area contributed by atoms with E-state index in [2.05, 4.69) is 27.0 Å². The fourth-order valence-electron chi connectivity index (χ4n) is 3.72. The predicted molar refractivity (Wildman–Crippen MR) is 114 cm³/mol. The Morgan fingerprint density at radius 3 is 2.86 bits per heavy atom. The molecule has 2 aliphatic heterocycles. The van der Waals surface area contributed by atoms with E-state index in [0.29, 0.717) is 22.7 Å². The summed E-state index contributed by atoms with van der Waals surface area (Å²) < 4.78 is 5.47. The molecular weight excluding hydrogens is 386 g/mol. The molecule has 146 valence electrons. The van der Waals surface area contributed by atoms with Crippen molar-refractivity contribution in [2.75, 3.05) is 28.7 Å². The van der Waals surface area contributed by atoms with Gasteiger partial charge in [-0.2, -0.15) is 0 Å². The summed E-state index contributed by atoms with van der Waals surface area (Å²) in [7, 11) is 0. The van der Waals surface area contributed by atoms with Crippen LogP contribution in [0.1, 0.15) is 20.8 Å². The molecule has 2 aliphatic rings. The third-order valence-corrected chi connectivity index (χ3v) is 6.20. The summed E-state index contributed by atoms with van der Waals surface area (Å²) in [5, 5.41) is 7.79. The van der Waals surface area contributed by atoms with Crippen LogP contribution in [0.5, 0.6) is 5.75 Å². The highest BCUT2D eigenvalue weighted by Gasteiger charge is 2.22. The maximum Gasteiger partial charge on any atom is 0.262 e. The lowest BCUT2D eigenvalue weighted by molar-refractivity contribution is -0.118. The molecule has 5 rings (SSSR count). The van der Waals surface area contributed by atoms with Gasteiger partial charge in [0.05, 0.1) is 11.3 Å². The Bertz CT molecular complexity index is 1090. The van der Waals surface area contributed by atoms with Gasteiger partial charge in [-0.3, -0.25) is 9.59 Å². The number of carbonyl (C=O) groups excluding carboxylic acids is 2. The second kappa shape index (κ2) is 7.25. The first-order valence-electron chi connectivity index (χ1n) is 9.44. The summed E-state index contributed by atoms with van der Waals surface area (Å²) >= 11 is 1.83. The highest BCUT2D eigenvalue weighted by atomic mass is 32.1. The lowest BCUT2D eigenvalue weighted by Gasteiger charge is -2.29. The molecule has 0 fully saturated rings. The minimum Gasteiger partial charge on any atom is -0.481 e. The van der Waals surface area contributed by atoms with Crippen LogP contribution in [0.2, 0.25) is 0 Å². The molecule has 3 heterocycles. The number of amides is 2. The smallest absolute Gasteiger partial charge is 0.262 e. The van der Waals surface area contributed by atoms with Crippen LogP contribution < -0.4 is 20.3 Å². The summed E-state index contributed by atoms with van der Waals surface area (Å²) in [6.45, 7) is 1.83. The van der Waals surface area contributed by atoms with Crippen molar-refractivity contribution in [3.05, 3.63) is 69.9 Å². The monoisotopic (exact) mass is 405 g/mol. The molecule has 0 spiro atoms. The van der Waals surface area contributed by atoms with Gasteiger partial charge in [-0.1, -0.05) is 6.07 Å². The molecule has 0 saturated heterocycles. The first-order chi connectivity index (χ1) is 14.2. The minimum atomic E-state index is -0.272. The van der Waals surface area contributed by atoms with Gasteiger partial charge in [0.15, 0.2) is 12.4 Å². The Kier molecular flexibility index (Phi) is 4.44. The van der Waals surface area contributed by atoms with Gasteiger partial charge in [0.2, 0.25) is 0 Å². The van der Waals surface area contributed by atoms with Crippen LogP contribution in [0.3, 0.4) is 0 Å². The maximum absolute atomic E-state index is 12.7. The molecule has 2 amide bonds. The molecule has 1 aromatic heterocycles. The standard InChI is InChI=1S/C22H19N3O3S/c26-20-13-28-21-17(2-1-3-18(21)24-20)22(27)23-15-4-6-16(7-5-15)25-10-8-19-14(12-25)9-11-29-19/h1-7,9,11H,8,10,12-13H2,(H,23,27)(H,24,26). The number of hydrogen-bond acceptors (Lipinski definition) is 5. The molecule has 0 aliphatic carbocycles. The number of benzene rings is 2. The van der Waals surface area contributed by atoms with Crippen molar-refractivity contribution < 1.29 is 14.3 Å². The number of nitrogens with one attached hydrogen (secondary N) is 2. The number of anilines is 3. The maximum atomic E-state index is 12.7. The van der Waals surface area contributed by atoms with E-state index in [1.165, 1.54) is 10.4 Å². The van der Waals surface area contributed by atoms with Crippen molar-refractivity contribution >= 4 is 40.2 Å². The van der Waals surface area contributed by atoms with Crippen molar-refractivity contribution in [2.24, 2.45) is 0 Å². The van der Waals surface area contributed by atoms with E-state index in [-0.39, 0.29) is 18.4 Å². The zero-order valence-corrected chi connectivity index (χ0v) is 16.4. The van der Waals surface area contributed by atoms with Gasteiger partial charge in [0.1, 0.15) is 0 Å². The van der Waals surface area contributed by atoms with E-state index in [9.17, 15) is 9.59 Å². The van der Waals surface area contributed by atoms with Crippen molar-refractivity contribution in [3.8, 4) is 5.75 Å². The summed E-state index contributed by atoms with van der Waals surface area (Å²) in [5.74, 6) is -0.0920. The Balaban J connectivity index is 1.30. The van der Waals surface area contributed by atoms with Gasteiger partial charge in [-0.05, 0) is 59.8 Å². The van der Waals surface area contributed by atoms with Gasteiger partial charge in [-0.25, -0.2) is 0 Å². The van der Waals surface area contributed by atoms with Crippen LogP contribution in [0.25, 0.3) is 0 Å². The lowest BCUT2D eigenvalue weighted by Crippen LogP contribution is -2.29. The third kappa shape index (κ3) is 3.45. The molecule has 0 bridgehead atoms. The van der Waals surface area contributed by atoms with Crippen molar-refractivity contribution in [3.63, 3.8) is 0 Å². The fourth-order valence-corrected chi connectivity index (χ4v) is 4.61. The number of fused-ring (bicyclic) bond motifs is 2.